The number of aromatic amines is 2. The van der Waals surface area contributed by atoms with Gasteiger partial charge in [0.25, 0.3) is 11.1 Å². The van der Waals surface area contributed by atoms with E-state index in [1.165, 1.54) is 54.6 Å². The molecule has 0 bridgehead atoms. The van der Waals surface area contributed by atoms with Gasteiger partial charge in [-0.1, -0.05) is 76.7 Å². The van der Waals surface area contributed by atoms with Gasteiger partial charge in [-0.25, -0.2) is 9.59 Å². The van der Waals surface area contributed by atoms with Crippen LogP contribution < -0.4 is 43.2 Å². The topological polar surface area (TPSA) is 223 Å². The molecule has 6 rings (SSSR count). The number of benzene rings is 4. The lowest BCUT2D eigenvalue weighted by atomic mass is 10.2. The summed E-state index contributed by atoms with van der Waals surface area (Å²) in [5.41, 5.74) is -3.48. The maximum Gasteiger partial charge on any atom is 0.323 e. The molecule has 8 N–H and O–H groups in total. The summed E-state index contributed by atoms with van der Waals surface area (Å²) in [4.78, 5) is 78.4. The van der Waals surface area contributed by atoms with Crippen molar-refractivity contribution in [1.29, 1.82) is 0 Å². The minimum absolute atomic E-state index is 0.109. The van der Waals surface area contributed by atoms with Gasteiger partial charge in [0.05, 0.1) is 37.5 Å². The van der Waals surface area contributed by atoms with Gasteiger partial charge in [-0.15, -0.1) is 0 Å². The number of hydrogen-bond donors (Lipinski definition) is 8. The molecule has 0 aliphatic rings. The SMILES string of the molecule is O=C(Nc1ccc(Cl)cc1Cl)Nc1c(O)c(=O)[nH]c2ccccc2c1=O.O=C(Nc1cccc(Cl)c1Cl)Nc1c(O)c(=O)[nH]c2ccccc2c1=O. The van der Waals surface area contributed by atoms with E-state index < -0.39 is 56.9 Å². The average Bonchev–Trinajstić information content (AvgIpc) is 3.26. The highest BCUT2D eigenvalue weighted by atomic mass is 35.5. The zero-order chi connectivity index (χ0) is 37.7. The first-order chi connectivity index (χ1) is 24.7. The molecule has 18 heteroatoms. The Labute approximate surface area is 310 Å². The molecular weight excluding hydrogens is 762 g/mol. The molecule has 52 heavy (non-hydrogen) atoms. The number of carbonyl (C=O) groups is 2. The summed E-state index contributed by atoms with van der Waals surface area (Å²) in [6.07, 6.45) is 0. The molecule has 0 radical (unpaired) electrons. The number of H-pyrrole nitrogens is 2. The van der Waals surface area contributed by atoms with Gasteiger partial charge in [0.15, 0.2) is 0 Å². The summed E-state index contributed by atoms with van der Waals surface area (Å²) >= 11 is 23.6. The Balaban J connectivity index is 0.000000201. The molecule has 0 aliphatic carbocycles. The van der Waals surface area contributed by atoms with E-state index in [4.69, 9.17) is 46.4 Å². The molecule has 4 aromatic carbocycles. The zero-order valence-corrected chi connectivity index (χ0v) is 29.0. The molecule has 0 unspecified atom stereocenters. The third-order valence-corrected chi connectivity index (χ3v) is 8.42. The summed E-state index contributed by atoms with van der Waals surface area (Å²) in [5.74, 6) is -1.80. The van der Waals surface area contributed by atoms with Crippen LogP contribution in [0.2, 0.25) is 20.1 Å². The quantitative estimate of drug-likeness (QED) is 0.0920. The zero-order valence-electron chi connectivity index (χ0n) is 25.9. The number of rotatable bonds is 4. The smallest absolute Gasteiger partial charge is 0.323 e. The molecule has 4 amide bonds. The molecule has 0 fully saturated rings. The Morgan fingerprint density at radius 2 is 1.02 bits per heavy atom. The van der Waals surface area contributed by atoms with Crippen LogP contribution in [0, 0.1) is 0 Å². The van der Waals surface area contributed by atoms with Crippen molar-refractivity contribution in [1.82, 2.24) is 9.97 Å². The van der Waals surface area contributed by atoms with E-state index in [1.54, 1.807) is 30.3 Å². The van der Waals surface area contributed by atoms with Crippen LogP contribution in [-0.4, -0.2) is 32.2 Å². The molecule has 0 aliphatic heterocycles. The Kier molecular flexibility index (Phi) is 11.4. The fraction of sp³-hybridized carbons (Fsp3) is 0. The van der Waals surface area contributed by atoms with Crippen molar-refractivity contribution < 1.29 is 19.8 Å². The monoisotopic (exact) mass is 782 g/mol. The van der Waals surface area contributed by atoms with Gasteiger partial charge < -0.3 is 41.4 Å². The van der Waals surface area contributed by atoms with Crippen LogP contribution in [0.15, 0.2) is 104 Å². The third kappa shape index (κ3) is 8.28. The van der Waals surface area contributed by atoms with Crippen molar-refractivity contribution in [2.75, 3.05) is 21.3 Å². The van der Waals surface area contributed by atoms with Crippen molar-refractivity contribution >= 4 is 103 Å². The summed E-state index contributed by atoms with van der Waals surface area (Å²) in [5, 5.41) is 30.4. The van der Waals surface area contributed by atoms with Crippen molar-refractivity contribution in [3.05, 3.63) is 146 Å². The van der Waals surface area contributed by atoms with E-state index in [1.807, 2.05) is 0 Å². The van der Waals surface area contributed by atoms with Crippen LogP contribution in [0.5, 0.6) is 11.5 Å². The number of aromatic nitrogens is 2. The molecule has 264 valence electrons. The van der Waals surface area contributed by atoms with Gasteiger partial charge in [-0.05, 0) is 54.6 Å². The standard InChI is InChI=1S/2C17H11Cl2N3O4/c18-9-5-3-7-11(12(9)19)21-17(26)22-13-14(23)8-4-1-2-6-10(8)20-16(25)15(13)24;18-8-5-6-12(10(19)7-8)21-17(26)22-13-14(23)9-3-1-2-4-11(9)20-16(25)15(13)24/h2*1-7H,(H4,20,21,22,23,24,25,26). The van der Waals surface area contributed by atoms with Gasteiger partial charge in [0, 0.05) is 15.8 Å². The highest BCUT2D eigenvalue weighted by molar-refractivity contribution is 6.44. The van der Waals surface area contributed by atoms with Crippen LogP contribution in [0.25, 0.3) is 21.8 Å². The maximum atomic E-state index is 12.6. The van der Waals surface area contributed by atoms with E-state index in [-0.39, 0.29) is 48.2 Å². The minimum atomic E-state index is -0.917. The van der Waals surface area contributed by atoms with Crippen LogP contribution in [0.3, 0.4) is 0 Å². The van der Waals surface area contributed by atoms with Crippen molar-refractivity contribution in [3.8, 4) is 11.5 Å². The largest absolute Gasteiger partial charge is 0.501 e. The second-order valence-electron chi connectivity index (χ2n) is 10.5. The highest BCUT2D eigenvalue weighted by Crippen LogP contribution is 2.30. The number of anilines is 4. The fourth-order valence-corrected chi connectivity index (χ4v) is 5.42. The second kappa shape index (κ2) is 15.9. The number of urea groups is 2. The molecule has 6 aromatic rings. The minimum Gasteiger partial charge on any atom is -0.501 e. The first kappa shape index (κ1) is 37.2. The highest BCUT2D eigenvalue weighted by Gasteiger charge is 2.18. The number of fused-ring (bicyclic) bond motifs is 2. The Morgan fingerprint density at radius 1 is 0.538 bits per heavy atom. The second-order valence-corrected chi connectivity index (χ2v) is 12.1. The van der Waals surface area contributed by atoms with Crippen LogP contribution in [-0.2, 0) is 0 Å². The van der Waals surface area contributed by atoms with Crippen molar-refractivity contribution in [2.24, 2.45) is 0 Å². The van der Waals surface area contributed by atoms with E-state index >= 15 is 0 Å². The number of amides is 4. The summed E-state index contributed by atoms with van der Waals surface area (Å²) < 4.78 is 0. The molecule has 2 heterocycles. The van der Waals surface area contributed by atoms with Gasteiger partial charge in [-0.3, -0.25) is 19.2 Å². The van der Waals surface area contributed by atoms with Crippen molar-refractivity contribution in [3.63, 3.8) is 0 Å². The van der Waals surface area contributed by atoms with Crippen LogP contribution >= 0.6 is 46.4 Å². The van der Waals surface area contributed by atoms with E-state index in [0.717, 1.165) is 0 Å². The molecule has 0 saturated heterocycles. The van der Waals surface area contributed by atoms with Crippen molar-refractivity contribution in [2.45, 2.75) is 0 Å². The molecule has 14 nitrogen and oxygen atoms in total. The number of para-hydroxylation sites is 2. The molecule has 0 saturated carbocycles. The molecule has 2 aromatic heterocycles. The number of aromatic hydroxyl groups is 2. The normalized spacial score (nSPS) is 10.5. The maximum absolute atomic E-state index is 12.6. The summed E-state index contributed by atoms with van der Waals surface area (Å²) in [6, 6.07) is 19.6. The number of nitrogens with one attached hydrogen (secondary N) is 6. The fourth-order valence-electron chi connectivity index (χ4n) is 4.61. The van der Waals surface area contributed by atoms with E-state index in [0.29, 0.717) is 5.02 Å². The first-order valence-corrected chi connectivity index (χ1v) is 16.1. The van der Waals surface area contributed by atoms with E-state index in [9.17, 15) is 39.0 Å². The first-order valence-electron chi connectivity index (χ1n) is 14.6. The number of halogens is 4. The lowest BCUT2D eigenvalue weighted by molar-refractivity contribution is 0.261. The van der Waals surface area contributed by atoms with Gasteiger partial charge in [-0.2, -0.15) is 0 Å². The van der Waals surface area contributed by atoms with Gasteiger partial charge >= 0.3 is 12.1 Å². The predicted octanol–water partition coefficient (Wildman–Crippen LogP) is 7.09. The van der Waals surface area contributed by atoms with Crippen LogP contribution in [0.4, 0.5) is 32.3 Å². The molecule has 0 atom stereocenters. The molecular formula is C34H22Cl4N6O8. The Bertz CT molecular complexity index is 2650. The Hall–Kier alpha value is -6.06. The number of hydrogen-bond acceptors (Lipinski definition) is 8. The van der Waals surface area contributed by atoms with Crippen LogP contribution in [0.1, 0.15) is 0 Å². The molecule has 0 spiro atoms. The van der Waals surface area contributed by atoms with E-state index in [2.05, 4.69) is 31.2 Å². The summed E-state index contributed by atoms with van der Waals surface area (Å²) in [6.45, 7) is 0. The predicted molar refractivity (Wildman–Crippen MR) is 203 cm³/mol. The lowest BCUT2D eigenvalue weighted by Crippen LogP contribution is -2.23. The average molecular weight is 784 g/mol. The van der Waals surface area contributed by atoms with Gasteiger partial charge in [0.1, 0.15) is 11.4 Å². The van der Waals surface area contributed by atoms with Gasteiger partial charge in [0.2, 0.25) is 22.4 Å². The third-order valence-electron chi connectivity index (χ3n) is 7.05. The number of carbonyl (C=O) groups excluding carboxylic acids is 2. The summed E-state index contributed by atoms with van der Waals surface area (Å²) in [7, 11) is 0. The Morgan fingerprint density at radius 3 is 1.52 bits per heavy atom. The lowest BCUT2D eigenvalue weighted by Gasteiger charge is -2.09.